The van der Waals surface area contributed by atoms with Crippen molar-refractivity contribution in [2.75, 3.05) is 5.32 Å². The van der Waals surface area contributed by atoms with Crippen LogP contribution in [0.25, 0.3) is 10.9 Å². The maximum Gasteiger partial charge on any atom is 0.221 e. The molecule has 15 heavy (non-hydrogen) atoms. The first-order chi connectivity index (χ1) is 7.08. The van der Waals surface area contributed by atoms with Gasteiger partial charge in [0, 0.05) is 29.2 Å². The molecule has 2 rings (SSSR count). The summed E-state index contributed by atoms with van der Waals surface area (Å²) in [5, 5.41) is 3.95. The topological polar surface area (TPSA) is 44.9 Å². The number of fused-ring (bicyclic) bond motifs is 1. The van der Waals surface area contributed by atoms with E-state index in [2.05, 4.69) is 17.2 Å². The van der Waals surface area contributed by atoms with Gasteiger partial charge in [0.05, 0.1) is 0 Å². The number of carbonyl (C=O) groups excluding carboxylic acids is 1. The molecule has 1 aromatic carbocycles. The Morgan fingerprint density at radius 2 is 2.07 bits per heavy atom. The van der Waals surface area contributed by atoms with Crippen molar-refractivity contribution < 1.29 is 4.79 Å². The van der Waals surface area contributed by atoms with Crippen molar-refractivity contribution in [3.63, 3.8) is 0 Å². The smallest absolute Gasteiger partial charge is 0.221 e. The summed E-state index contributed by atoms with van der Waals surface area (Å²) in [5.74, 6) is -0.0424. The monoisotopic (exact) mass is 202 g/mol. The number of rotatable bonds is 1. The summed E-state index contributed by atoms with van der Waals surface area (Å²) >= 11 is 0. The number of benzene rings is 1. The van der Waals surface area contributed by atoms with Gasteiger partial charge in [-0.3, -0.25) is 4.79 Å². The van der Waals surface area contributed by atoms with Gasteiger partial charge in [-0.05, 0) is 37.6 Å². The maximum atomic E-state index is 10.9. The van der Waals surface area contributed by atoms with Crippen molar-refractivity contribution in [2.45, 2.75) is 20.8 Å². The lowest BCUT2D eigenvalue weighted by Crippen LogP contribution is -2.05. The van der Waals surface area contributed by atoms with Gasteiger partial charge < -0.3 is 10.3 Å². The highest BCUT2D eigenvalue weighted by Gasteiger charge is 2.05. The summed E-state index contributed by atoms with van der Waals surface area (Å²) in [4.78, 5) is 14.2. The Morgan fingerprint density at radius 3 is 2.73 bits per heavy atom. The predicted octanol–water partition coefficient (Wildman–Crippen LogP) is 2.74. The second-order valence-corrected chi connectivity index (χ2v) is 3.82. The molecule has 0 unspecified atom stereocenters. The van der Waals surface area contributed by atoms with E-state index in [9.17, 15) is 4.79 Å². The molecule has 1 heterocycles. The Hall–Kier alpha value is -1.77. The van der Waals surface area contributed by atoms with Crippen LogP contribution in [0.15, 0.2) is 18.2 Å². The van der Waals surface area contributed by atoms with Crippen LogP contribution in [0.2, 0.25) is 0 Å². The second-order valence-electron chi connectivity index (χ2n) is 3.82. The summed E-state index contributed by atoms with van der Waals surface area (Å²) in [7, 11) is 0. The normalized spacial score (nSPS) is 10.6. The quantitative estimate of drug-likeness (QED) is 0.733. The van der Waals surface area contributed by atoms with Crippen molar-refractivity contribution >= 4 is 22.5 Å². The summed E-state index contributed by atoms with van der Waals surface area (Å²) in [5.41, 5.74) is 4.36. The van der Waals surface area contributed by atoms with Crippen LogP contribution in [-0.2, 0) is 4.79 Å². The summed E-state index contributed by atoms with van der Waals surface area (Å²) < 4.78 is 0. The zero-order chi connectivity index (χ0) is 11.0. The van der Waals surface area contributed by atoms with Crippen LogP contribution in [0.4, 0.5) is 5.69 Å². The molecule has 0 aliphatic rings. The molecule has 0 saturated carbocycles. The Morgan fingerprint density at radius 1 is 1.33 bits per heavy atom. The Labute approximate surface area is 88.5 Å². The zero-order valence-corrected chi connectivity index (χ0v) is 9.14. The molecule has 78 valence electrons. The number of hydrogen-bond acceptors (Lipinski definition) is 1. The number of aromatic amines is 1. The van der Waals surface area contributed by atoms with E-state index in [0.29, 0.717) is 0 Å². The second kappa shape index (κ2) is 3.42. The molecule has 0 aliphatic heterocycles. The third-order valence-electron chi connectivity index (χ3n) is 2.63. The van der Waals surface area contributed by atoms with Crippen LogP contribution in [0, 0.1) is 13.8 Å². The lowest BCUT2D eigenvalue weighted by Gasteiger charge is -2.01. The first-order valence-corrected chi connectivity index (χ1v) is 4.94. The SMILES string of the molecule is CC(=O)Nc1ccc2[nH]c(C)c(C)c2c1. The third kappa shape index (κ3) is 1.73. The number of carbonyl (C=O) groups is 1. The van der Waals surface area contributed by atoms with E-state index in [4.69, 9.17) is 0 Å². The van der Waals surface area contributed by atoms with E-state index in [1.54, 1.807) is 0 Å². The van der Waals surface area contributed by atoms with Gasteiger partial charge in [-0.25, -0.2) is 0 Å². The lowest BCUT2D eigenvalue weighted by atomic mass is 10.1. The van der Waals surface area contributed by atoms with Crippen LogP contribution in [0.1, 0.15) is 18.2 Å². The van der Waals surface area contributed by atoms with Crippen LogP contribution in [0.5, 0.6) is 0 Å². The van der Waals surface area contributed by atoms with Gasteiger partial charge in [-0.15, -0.1) is 0 Å². The third-order valence-corrected chi connectivity index (χ3v) is 2.63. The fourth-order valence-electron chi connectivity index (χ4n) is 1.74. The molecule has 1 aromatic heterocycles. The van der Waals surface area contributed by atoms with Gasteiger partial charge in [0.15, 0.2) is 0 Å². The van der Waals surface area contributed by atoms with E-state index >= 15 is 0 Å². The van der Waals surface area contributed by atoms with Gasteiger partial charge >= 0.3 is 0 Å². The van der Waals surface area contributed by atoms with E-state index in [1.165, 1.54) is 23.6 Å². The van der Waals surface area contributed by atoms with Crippen molar-refractivity contribution in [1.29, 1.82) is 0 Å². The highest BCUT2D eigenvalue weighted by molar-refractivity contribution is 5.93. The summed E-state index contributed by atoms with van der Waals surface area (Å²) in [6.45, 7) is 5.64. The number of H-pyrrole nitrogens is 1. The Balaban J connectivity index is 2.54. The molecule has 0 atom stereocenters. The average molecular weight is 202 g/mol. The number of aromatic nitrogens is 1. The number of amides is 1. The zero-order valence-electron chi connectivity index (χ0n) is 9.14. The lowest BCUT2D eigenvalue weighted by molar-refractivity contribution is -0.114. The molecule has 0 fully saturated rings. The molecular weight excluding hydrogens is 188 g/mol. The van der Waals surface area contributed by atoms with Crippen LogP contribution >= 0.6 is 0 Å². The van der Waals surface area contributed by atoms with Gasteiger partial charge in [-0.2, -0.15) is 0 Å². The molecular formula is C12H14N2O. The average Bonchev–Trinajstić information content (AvgIpc) is 2.43. The molecule has 0 bridgehead atoms. The molecule has 0 spiro atoms. The minimum Gasteiger partial charge on any atom is -0.358 e. The van der Waals surface area contributed by atoms with Crippen molar-refractivity contribution in [2.24, 2.45) is 0 Å². The van der Waals surface area contributed by atoms with Gasteiger partial charge in [0.25, 0.3) is 0 Å². The van der Waals surface area contributed by atoms with E-state index in [1.807, 2.05) is 25.1 Å². The van der Waals surface area contributed by atoms with Gasteiger partial charge in [-0.1, -0.05) is 0 Å². The first kappa shape index (κ1) is 9.77. The van der Waals surface area contributed by atoms with Crippen molar-refractivity contribution in [3.05, 3.63) is 29.5 Å². The molecule has 0 saturated heterocycles. The Kier molecular flexibility index (Phi) is 2.23. The highest BCUT2D eigenvalue weighted by atomic mass is 16.1. The van der Waals surface area contributed by atoms with Gasteiger partial charge in [0.1, 0.15) is 0 Å². The molecule has 3 heteroatoms. The fraction of sp³-hybridized carbons (Fsp3) is 0.250. The van der Waals surface area contributed by atoms with Crippen molar-refractivity contribution in [1.82, 2.24) is 4.98 Å². The predicted molar refractivity (Wildman–Crippen MR) is 62.1 cm³/mol. The highest BCUT2D eigenvalue weighted by Crippen LogP contribution is 2.24. The van der Waals surface area contributed by atoms with E-state index in [-0.39, 0.29) is 5.91 Å². The molecule has 2 aromatic rings. The van der Waals surface area contributed by atoms with E-state index in [0.717, 1.165) is 11.2 Å². The van der Waals surface area contributed by atoms with Crippen molar-refractivity contribution in [3.8, 4) is 0 Å². The first-order valence-electron chi connectivity index (χ1n) is 4.94. The molecule has 0 radical (unpaired) electrons. The minimum absolute atomic E-state index is 0.0424. The largest absolute Gasteiger partial charge is 0.358 e. The number of anilines is 1. The van der Waals surface area contributed by atoms with Gasteiger partial charge in [0.2, 0.25) is 5.91 Å². The summed E-state index contributed by atoms with van der Waals surface area (Å²) in [6, 6.07) is 5.88. The summed E-state index contributed by atoms with van der Waals surface area (Å²) in [6.07, 6.45) is 0. The standard InChI is InChI=1S/C12H14N2O/c1-7-8(2)13-12-5-4-10(6-11(7)12)14-9(3)15/h4-6,13H,1-3H3,(H,14,15). The Bertz CT molecular complexity index is 526. The minimum atomic E-state index is -0.0424. The fourth-order valence-corrected chi connectivity index (χ4v) is 1.74. The van der Waals surface area contributed by atoms with Crippen LogP contribution in [0.3, 0.4) is 0 Å². The van der Waals surface area contributed by atoms with Crippen LogP contribution in [-0.4, -0.2) is 10.9 Å². The number of aryl methyl sites for hydroxylation is 2. The van der Waals surface area contributed by atoms with E-state index < -0.39 is 0 Å². The van der Waals surface area contributed by atoms with Crippen LogP contribution < -0.4 is 5.32 Å². The number of nitrogens with one attached hydrogen (secondary N) is 2. The molecule has 1 amide bonds. The molecule has 2 N–H and O–H groups in total. The number of hydrogen-bond donors (Lipinski definition) is 2. The molecule has 3 nitrogen and oxygen atoms in total. The maximum absolute atomic E-state index is 10.9. The molecule has 0 aliphatic carbocycles.